The van der Waals surface area contributed by atoms with Crippen molar-refractivity contribution >= 4 is 17.8 Å². The van der Waals surface area contributed by atoms with E-state index in [-0.39, 0.29) is 17.9 Å². The first kappa shape index (κ1) is 39.4. The van der Waals surface area contributed by atoms with E-state index in [1.807, 2.05) is 41.5 Å². The second kappa shape index (κ2) is 13.9. The van der Waals surface area contributed by atoms with Crippen LogP contribution in [0.4, 0.5) is 0 Å². The molecule has 0 radical (unpaired) electrons. The number of hydrogen-bond donors (Lipinski definition) is 4. The Morgan fingerprint density at radius 1 is 0.807 bits per heavy atom. The van der Waals surface area contributed by atoms with E-state index < -0.39 is 88.1 Å². The van der Waals surface area contributed by atoms with Gasteiger partial charge in [0.15, 0.2) is 11.9 Å². The van der Waals surface area contributed by atoms with E-state index in [0.29, 0.717) is 35.1 Å². The first-order valence-corrected chi connectivity index (χ1v) is 20.0. The number of ether oxygens (including phenoxy) is 4. The van der Waals surface area contributed by atoms with Crippen LogP contribution in [-0.4, -0.2) is 80.7 Å². The summed E-state index contributed by atoms with van der Waals surface area (Å²) in [5.74, 6) is -4.08. The summed E-state index contributed by atoms with van der Waals surface area (Å²) in [4.78, 5) is 41.8. The lowest BCUT2D eigenvalue weighted by atomic mass is 9.48. The Balaban J connectivity index is 1.22. The lowest BCUT2D eigenvalue weighted by Gasteiger charge is -2.62. The Hall–Kier alpha value is -4.39. The molecule has 3 aromatic carbocycles. The SMILES string of the molecule is CC1=C2[C@H]3OC(C)(C)O[C@@H]3[C@]3(C)CC[C@@H]4C[C@]4(O)[C@H]3[C@H](OC(=O)c3ccccc3)[C@](O)(C[C@@H]1OC(=O)[C@H](O)[C@@H](NC(=O)c1ccccc1)c1ccccc1)C2(C)C. The fraction of sp³-hybridized carbons (Fsp3) is 0.500. The number of carbonyl (C=O) groups is 3. The fourth-order valence-corrected chi connectivity index (χ4v) is 10.8. The van der Waals surface area contributed by atoms with Gasteiger partial charge in [0.1, 0.15) is 23.9 Å². The normalized spacial score (nSPS) is 35.5. The molecule has 1 heterocycles. The molecule has 3 saturated carbocycles. The number of benzene rings is 3. The summed E-state index contributed by atoms with van der Waals surface area (Å²) < 4.78 is 26.4. The summed E-state index contributed by atoms with van der Waals surface area (Å²) in [6.45, 7) is 11.3. The maximum absolute atomic E-state index is 14.3. The lowest BCUT2D eigenvalue weighted by molar-refractivity contribution is -0.246. The van der Waals surface area contributed by atoms with E-state index >= 15 is 0 Å². The first-order valence-electron chi connectivity index (χ1n) is 20.0. The summed E-state index contributed by atoms with van der Waals surface area (Å²) in [6, 6.07) is 24.5. The second-order valence-corrected chi connectivity index (χ2v) is 18.0. The number of nitrogens with one attached hydrogen (secondary N) is 1. The van der Waals surface area contributed by atoms with Crippen molar-refractivity contribution in [1.82, 2.24) is 5.32 Å². The molecule has 11 atom stereocenters. The number of esters is 2. The van der Waals surface area contributed by atoms with Crippen LogP contribution in [0.5, 0.6) is 0 Å². The Labute approximate surface area is 333 Å². The molecule has 4 fully saturated rings. The summed E-state index contributed by atoms with van der Waals surface area (Å²) in [5, 5.41) is 40.7. The van der Waals surface area contributed by atoms with Crippen molar-refractivity contribution in [3.8, 4) is 0 Å². The smallest absolute Gasteiger partial charge is 0.338 e. The molecule has 2 bridgehead atoms. The lowest BCUT2D eigenvalue weighted by Crippen LogP contribution is -2.71. The van der Waals surface area contributed by atoms with Gasteiger partial charge in [0.25, 0.3) is 5.91 Å². The molecule has 5 aliphatic rings. The quantitative estimate of drug-likeness (QED) is 0.162. The number of hydrogen-bond acceptors (Lipinski definition) is 10. The van der Waals surface area contributed by atoms with Gasteiger partial charge in [-0.1, -0.05) is 87.5 Å². The van der Waals surface area contributed by atoms with Crippen molar-refractivity contribution in [1.29, 1.82) is 0 Å². The molecule has 0 spiro atoms. The third-order valence-corrected chi connectivity index (χ3v) is 13.9. The molecule has 11 heteroatoms. The molecule has 4 aliphatic carbocycles. The van der Waals surface area contributed by atoms with Crippen molar-refractivity contribution < 1.29 is 48.7 Å². The maximum atomic E-state index is 14.3. The van der Waals surface area contributed by atoms with E-state index in [1.165, 1.54) is 0 Å². The van der Waals surface area contributed by atoms with Gasteiger partial charge in [-0.05, 0) is 86.9 Å². The molecule has 3 aromatic rings. The molecule has 302 valence electrons. The van der Waals surface area contributed by atoms with Gasteiger partial charge < -0.3 is 39.6 Å². The minimum Gasteiger partial charge on any atom is -0.456 e. The summed E-state index contributed by atoms with van der Waals surface area (Å²) in [5.41, 5.74) is -2.84. The highest BCUT2D eigenvalue weighted by molar-refractivity contribution is 5.95. The first-order chi connectivity index (χ1) is 26.9. The summed E-state index contributed by atoms with van der Waals surface area (Å²) in [6.07, 6.45) is -4.02. The zero-order chi connectivity index (χ0) is 40.7. The molecule has 0 aromatic heterocycles. The molecule has 1 saturated heterocycles. The molecule has 0 unspecified atom stereocenters. The van der Waals surface area contributed by atoms with Gasteiger partial charge in [0.05, 0.1) is 23.3 Å². The third-order valence-electron chi connectivity index (χ3n) is 13.9. The molecule has 57 heavy (non-hydrogen) atoms. The Morgan fingerprint density at radius 2 is 1.40 bits per heavy atom. The van der Waals surface area contributed by atoms with Gasteiger partial charge in [0.2, 0.25) is 0 Å². The summed E-state index contributed by atoms with van der Waals surface area (Å²) in [7, 11) is 0. The fourth-order valence-electron chi connectivity index (χ4n) is 10.8. The molecule has 4 N–H and O–H groups in total. The van der Waals surface area contributed by atoms with Crippen molar-refractivity contribution in [2.24, 2.45) is 22.7 Å². The zero-order valence-electron chi connectivity index (χ0n) is 33.3. The molecule has 8 rings (SSSR count). The van der Waals surface area contributed by atoms with E-state index in [4.69, 9.17) is 18.9 Å². The van der Waals surface area contributed by atoms with E-state index in [9.17, 15) is 29.7 Å². The summed E-state index contributed by atoms with van der Waals surface area (Å²) >= 11 is 0. The van der Waals surface area contributed by atoms with Gasteiger partial charge in [-0.3, -0.25) is 4.79 Å². The van der Waals surface area contributed by atoms with Crippen molar-refractivity contribution in [2.45, 2.75) is 121 Å². The largest absolute Gasteiger partial charge is 0.456 e. The molecule has 11 nitrogen and oxygen atoms in total. The molecule has 1 aliphatic heterocycles. The Morgan fingerprint density at radius 3 is 2.04 bits per heavy atom. The van der Waals surface area contributed by atoms with E-state index in [1.54, 1.807) is 91.0 Å². The Bertz CT molecular complexity index is 2070. The molecule has 1 amide bonds. The van der Waals surface area contributed by atoms with Crippen LogP contribution in [-0.2, 0) is 23.7 Å². The van der Waals surface area contributed by atoms with Crippen molar-refractivity contribution in [2.75, 3.05) is 0 Å². The monoisotopic (exact) mass is 779 g/mol. The van der Waals surface area contributed by atoms with Gasteiger partial charge in [-0.15, -0.1) is 0 Å². The third kappa shape index (κ3) is 6.42. The number of rotatable bonds is 8. The number of carbonyl (C=O) groups excluding carboxylic acids is 3. The van der Waals surface area contributed by atoms with Crippen molar-refractivity contribution in [3.63, 3.8) is 0 Å². The molecular formula is C46H53NO10. The highest BCUT2D eigenvalue weighted by Crippen LogP contribution is 2.71. The molecular weight excluding hydrogens is 727 g/mol. The Kier molecular flexibility index (Phi) is 9.60. The van der Waals surface area contributed by atoms with Crippen LogP contribution in [0.1, 0.15) is 99.5 Å². The van der Waals surface area contributed by atoms with Crippen LogP contribution in [0.2, 0.25) is 0 Å². The average Bonchev–Trinajstić information content (AvgIpc) is 3.76. The van der Waals surface area contributed by atoms with Crippen molar-refractivity contribution in [3.05, 3.63) is 119 Å². The van der Waals surface area contributed by atoms with Gasteiger partial charge in [-0.2, -0.15) is 0 Å². The van der Waals surface area contributed by atoms with Crippen LogP contribution in [0.3, 0.4) is 0 Å². The predicted octanol–water partition coefficient (Wildman–Crippen LogP) is 5.83. The minimum atomic E-state index is -1.93. The van der Waals surface area contributed by atoms with E-state index in [0.717, 1.165) is 6.42 Å². The number of fused-ring (bicyclic) bond motifs is 8. The minimum absolute atomic E-state index is 0.0569. The maximum Gasteiger partial charge on any atom is 0.338 e. The number of aliphatic hydroxyl groups is 3. The average molecular weight is 780 g/mol. The van der Waals surface area contributed by atoms with Crippen LogP contribution in [0.15, 0.2) is 102 Å². The van der Waals surface area contributed by atoms with Gasteiger partial charge >= 0.3 is 11.9 Å². The number of aliphatic hydroxyl groups excluding tert-OH is 1. The highest BCUT2D eigenvalue weighted by Gasteiger charge is 2.77. The number of amides is 1. The van der Waals surface area contributed by atoms with Crippen LogP contribution >= 0.6 is 0 Å². The van der Waals surface area contributed by atoms with Crippen LogP contribution in [0.25, 0.3) is 0 Å². The van der Waals surface area contributed by atoms with E-state index in [2.05, 4.69) is 5.32 Å². The van der Waals surface area contributed by atoms with Crippen LogP contribution < -0.4 is 5.32 Å². The van der Waals surface area contributed by atoms with Gasteiger partial charge in [0, 0.05) is 28.7 Å². The standard InChI is InChI=1S/C46H53NO10/c1-26-31(54-41(51)34(48)33(27-16-10-7-11-17-27)47-39(49)28-18-12-8-13-19-28)25-46(53)38(55-40(50)29-20-14-9-15-21-29)36-44(6,23-22-30-24-45(30,36)52)37-35(32(26)42(46,2)3)56-43(4,5)57-37/h7-21,30-31,33-38,48,52-53H,22-25H2,1-6H3,(H,47,49)/t30-,31+,33+,34-,35-,36+,37+,38+,44-,45-,46-/m1/s1. The van der Waals surface area contributed by atoms with Gasteiger partial charge in [-0.25, -0.2) is 9.59 Å². The second-order valence-electron chi connectivity index (χ2n) is 18.0. The predicted molar refractivity (Wildman–Crippen MR) is 208 cm³/mol. The highest BCUT2D eigenvalue weighted by atomic mass is 16.8. The van der Waals surface area contributed by atoms with Crippen LogP contribution in [0, 0.1) is 22.7 Å². The zero-order valence-corrected chi connectivity index (χ0v) is 33.3. The topological polar surface area (TPSA) is 161 Å².